The molecule has 0 spiro atoms. The fourth-order valence-electron chi connectivity index (χ4n) is 4.11. The molecule has 0 radical (unpaired) electrons. The van der Waals surface area contributed by atoms with E-state index in [0.29, 0.717) is 40.6 Å². The molecule has 7 nitrogen and oxygen atoms in total. The Hall–Kier alpha value is -2.84. The standard InChI is InChI=1S/C24H26ClN3O4S/c1-17-9-11-27(12-10-17)24(30)15-28-14-22(20-7-2-3-8-21(20)28)33(31,32)16-23(29)26-19-6-4-5-18(25)13-19/h2-8,13-14,17H,9-12,15-16H2,1H3,(H,26,29). The molecule has 1 fully saturated rings. The van der Waals surface area contributed by atoms with Crippen molar-refractivity contribution in [1.29, 1.82) is 0 Å². The van der Waals surface area contributed by atoms with Crippen LogP contribution in [0, 0.1) is 5.92 Å². The van der Waals surface area contributed by atoms with Gasteiger partial charge in [-0.15, -0.1) is 0 Å². The van der Waals surface area contributed by atoms with Crippen molar-refractivity contribution >= 4 is 49.8 Å². The Morgan fingerprint density at radius 1 is 1.09 bits per heavy atom. The predicted octanol–water partition coefficient (Wildman–Crippen LogP) is 3.97. The number of benzene rings is 2. The Balaban J connectivity index is 1.56. The first-order chi connectivity index (χ1) is 15.7. The Morgan fingerprint density at radius 3 is 2.55 bits per heavy atom. The van der Waals surface area contributed by atoms with E-state index in [0.717, 1.165) is 12.8 Å². The van der Waals surface area contributed by atoms with Gasteiger partial charge in [0.05, 0.1) is 4.90 Å². The van der Waals surface area contributed by atoms with Gasteiger partial charge in [-0.3, -0.25) is 9.59 Å². The summed E-state index contributed by atoms with van der Waals surface area (Å²) in [7, 11) is -3.95. The maximum Gasteiger partial charge on any atom is 0.242 e. The highest BCUT2D eigenvalue weighted by Crippen LogP contribution is 2.27. The zero-order valence-corrected chi connectivity index (χ0v) is 19.9. The van der Waals surface area contributed by atoms with Gasteiger partial charge in [-0.05, 0) is 43.0 Å². The van der Waals surface area contributed by atoms with Crippen LogP contribution in [-0.2, 0) is 26.0 Å². The maximum atomic E-state index is 13.2. The van der Waals surface area contributed by atoms with Crippen molar-refractivity contribution in [2.75, 3.05) is 24.2 Å². The zero-order chi connectivity index (χ0) is 23.6. The molecule has 2 heterocycles. The molecule has 0 unspecified atom stereocenters. The van der Waals surface area contributed by atoms with Crippen LogP contribution in [0.5, 0.6) is 0 Å². The number of carbonyl (C=O) groups is 2. The average Bonchev–Trinajstić information content (AvgIpc) is 3.13. The molecule has 1 aliphatic heterocycles. The van der Waals surface area contributed by atoms with E-state index >= 15 is 0 Å². The first-order valence-electron chi connectivity index (χ1n) is 10.9. The Labute approximate surface area is 198 Å². The van der Waals surface area contributed by atoms with Gasteiger partial charge in [-0.25, -0.2) is 8.42 Å². The van der Waals surface area contributed by atoms with Gasteiger partial charge in [0.1, 0.15) is 12.3 Å². The minimum Gasteiger partial charge on any atom is -0.341 e. The molecule has 2 amide bonds. The summed E-state index contributed by atoms with van der Waals surface area (Å²) in [4.78, 5) is 27.2. The van der Waals surface area contributed by atoms with Crippen LogP contribution >= 0.6 is 11.6 Å². The number of amides is 2. The number of carbonyl (C=O) groups excluding carboxylic acids is 2. The second-order valence-electron chi connectivity index (χ2n) is 8.52. The number of para-hydroxylation sites is 1. The minimum atomic E-state index is -3.95. The highest BCUT2D eigenvalue weighted by molar-refractivity contribution is 7.92. The topological polar surface area (TPSA) is 88.5 Å². The zero-order valence-electron chi connectivity index (χ0n) is 18.3. The summed E-state index contributed by atoms with van der Waals surface area (Å²) in [5.74, 6) is -0.806. The summed E-state index contributed by atoms with van der Waals surface area (Å²) < 4.78 is 28.0. The number of halogens is 1. The molecular weight excluding hydrogens is 462 g/mol. The number of piperidine rings is 1. The molecule has 1 saturated heterocycles. The monoisotopic (exact) mass is 487 g/mol. The van der Waals surface area contributed by atoms with Gasteiger partial charge >= 0.3 is 0 Å². The van der Waals surface area contributed by atoms with Gasteiger partial charge in [0.2, 0.25) is 11.8 Å². The summed E-state index contributed by atoms with van der Waals surface area (Å²) in [5.41, 5.74) is 1.07. The van der Waals surface area contributed by atoms with Crippen molar-refractivity contribution < 1.29 is 18.0 Å². The maximum absolute atomic E-state index is 13.2. The van der Waals surface area contributed by atoms with Gasteiger partial charge in [0.25, 0.3) is 0 Å². The molecule has 2 aromatic carbocycles. The van der Waals surface area contributed by atoms with Gasteiger partial charge in [0.15, 0.2) is 9.84 Å². The van der Waals surface area contributed by atoms with Crippen LogP contribution in [0.1, 0.15) is 19.8 Å². The molecule has 0 atom stereocenters. The number of hydrogen-bond acceptors (Lipinski definition) is 4. The van der Waals surface area contributed by atoms with Crippen LogP contribution in [0.15, 0.2) is 59.6 Å². The summed E-state index contributed by atoms with van der Waals surface area (Å²) in [6.07, 6.45) is 3.41. The summed E-state index contributed by atoms with van der Waals surface area (Å²) >= 11 is 5.93. The fraction of sp³-hybridized carbons (Fsp3) is 0.333. The van der Waals surface area contributed by atoms with Crippen molar-refractivity contribution in [2.45, 2.75) is 31.2 Å². The smallest absolute Gasteiger partial charge is 0.242 e. The lowest BCUT2D eigenvalue weighted by Crippen LogP contribution is -2.39. The third-order valence-electron chi connectivity index (χ3n) is 5.96. The summed E-state index contributed by atoms with van der Waals surface area (Å²) in [5, 5.41) is 3.50. The van der Waals surface area contributed by atoms with E-state index < -0.39 is 21.5 Å². The molecule has 0 saturated carbocycles. The normalized spacial score (nSPS) is 15.0. The van der Waals surface area contributed by atoms with Crippen molar-refractivity contribution in [1.82, 2.24) is 9.47 Å². The molecule has 174 valence electrons. The van der Waals surface area contributed by atoms with Crippen LogP contribution in [0.4, 0.5) is 5.69 Å². The van der Waals surface area contributed by atoms with E-state index in [1.54, 1.807) is 53.1 Å². The van der Waals surface area contributed by atoms with E-state index in [2.05, 4.69) is 12.2 Å². The summed E-state index contributed by atoms with van der Waals surface area (Å²) in [6.45, 7) is 3.67. The van der Waals surface area contributed by atoms with Crippen molar-refractivity contribution in [3.05, 3.63) is 59.8 Å². The lowest BCUT2D eigenvalue weighted by Gasteiger charge is -2.30. The highest BCUT2D eigenvalue weighted by Gasteiger charge is 2.26. The highest BCUT2D eigenvalue weighted by atomic mass is 35.5. The fourth-order valence-corrected chi connectivity index (χ4v) is 5.67. The first-order valence-corrected chi connectivity index (χ1v) is 12.9. The van der Waals surface area contributed by atoms with E-state index in [-0.39, 0.29) is 17.3 Å². The number of sulfone groups is 1. The van der Waals surface area contributed by atoms with Gasteiger partial charge in [0, 0.05) is 40.9 Å². The predicted molar refractivity (Wildman–Crippen MR) is 129 cm³/mol. The number of aromatic nitrogens is 1. The van der Waals surface area contributed by atoms with Crippen LogP contribution in [0.25, 0.3) is 10.9 Å². The van der Waals surface area contributed by atoms with E-state index in [1.165, 1.54) is 6.20 Å². The third-order valence-corrected chi connectivity index (χ3v) is 7.83. The number of nitrogens with one attached hydrogen (secondary N) is 1. The lowest BCUT2D eigenvalue weighted by atomic mass is 9.99. The molecule has 1 aromatic heterocycles. The van der Waals surface area contributed by atoms with Gasteiger partial charge < -0.3 is 14.8 Å². The van der Waals surface area contributed by atoms with Crippen molar-refractivity contribution in [3.8, 4) is 0 Å². The number of anilines is 1. The Bertz CT molecular complexity index is 1290. The molecule has 3 aromatic rings. The quantitative estimate of drug-likeness (QED) is 0.570. The van der Waals surface area contributed by atoms with Gasteiger partial charge in [-0.2, -0.15) is 0 Å². The minimum absolute atomic E-state index is 0.0368. The van der Waals surface area contributed by atoms with Crippen LogP contribution < -0.4 is 5.32 Å². The molecule has 0 bridgehead atoms. The van der Waals surface area contributed by atoms with Crippen LogP contribution in [0.3, 0.4) is 0 Å². The van der Waals surface area contributed by atoms with E-state index in [1.807, 2.05) is 4.90 Å². The third kappa shape index (κ3) is 5.39. The molecule has 0 aliphatic carbocycles. The van der Waals surface area contributed by atoms with Crippen molar-refractivity contribution in [2.24, 2.45) is 5.92 Å². The largest absolute Gasteiger partial charge is 0.341 e. The number of fused-ring (bicyclic) bond motifs is 1. The second kappa shape index (κ2) is 9.57. The first kappa shape index (κ1) is 23.3. The Morgan fingerprint density at radius 2 is 1.82 bits per heavy atom. The lowest BCUT2D eigenvalue weighted by molar-refractivity contribution is -0.133. The second-order valence-corrected chi connectivity index (χ2v) is 10.9. The SMILES string of the molecule is CC1CCN(C(=O)Cn2cc(S(=O)(=O)CC(=O)Nc3cccc(Cl)c3)c3ccccc32)CC1. The molecule has 33 heavy (non-hydrogen) atoms. The number of likely N-dealkylation sites (tertiary alicyclic amines) is 1. The molecule has 1 aliphatic rings. The molecule has 1 N–H and O–H groups in total. The summed E-state index contributed by atoms with van der Waals surface area (Å²) in [6, 6.07) is 13.5. The Kier molecular flexibility index (Phi) is 6.76. The van der Waals surface area contributed by atoms with E-state index in [4.69, 9.17) is 11.6 Å². The molecular formula is C24H26ClN3O4S. The van der Waals surface area contributed by atoms with Crippen LogP contribution in [-0.4, -0.2) is 48.5 Å². The van der Waals surface area contributed by atoms with E-state index in [9.17, 15) is 18.0 Å². The average molecular weight is 488 g/mol. The van der Waals surface area contributed by atoms with Crippen LogP contribution in [0.2, 0.25) is 5.02 Å². The number of hydrogen-bond donors (Lipinski definition) is 1. The van der Waals surface area contributed by atoms with Gasteiger partial charge in [-0.1, -0.05) is 42.8 Å². The molecule has 9 heteroatoms. The number of rotatable bonds is 6. The molecule has 4 rings (SSSR count). The van der Waals surface area contributed by atoms with Crippen molar-refractivity contribution in [3.63, 3.8) is 0 Å². The number of nitrogens with zero attached hydrogens (tertiary/aromatic N) is 2.